The summed E-state index contributed by atoms with van der Waals surface area (Å²) in [6.45, 7) is 0. The van der Waals surface area contributed by atoms with Crippen molar-refractivity contribution < 1.29 is 0 Å². The Balaban J connectivity index is 1.32. The molecule has 0 unspecified atom stereocenters. The summed E-state index contributed by atoms with van der Waals surface area (Å²) < 4.78 is 2.29. The standard InChI is InChI=1S/C44H29N3/c1-2-14-33(15-3-1)47-41-23-11-10-22-40(41)46-44(47)39-21-9-8-20-38(39)43-36-18-6-4-16-34(36)42(35-17-5-7-19-37(35)43)31-26-24-30(25-27-31)32-13-12-28-45-29-32/h1-29H. The van der Waals surface area contributed by atoms with Gasteiger partial charge in [0.25, 0.3) is 0 Å². The van der Waals surface area contributed by atoms with Crippen LogP contribution in [0.4, 0.5) is 0 Å². The smallest absolute Gasteiger partial charge is 0.146 e. The number of fused-ring (bicyclic) bond motifs is 3. The van der Waals surface area contributed by atoms with E-state index in [9.17, 15) is 0 Å². The summed E-state index contributed by atoms with van der Waals surface area (Å²) in [5.74, 6) is 0.927. The van der Waals surface area contributed by atoms with Crippen LogP contribution < -0.4 is 0 Å². The highest BCUT2D eigenvalue weighted by Crippen LogP contribution is 2.46. The Hall–Kier alpha value is -6.32. The molecule has 3 heteroatoms. The number of pyridine rings is 1. The molecule has 2 heterocycles. The summed E-state index contributed by atoms with van der Waals surface area (Å²) in [6, 6.07) is 58.3. The first-order chi connectivity index (χ1) is 23.3. The zero-order valence-corrected chi connectivity index (χ0v) is 25.6. The van der Waals surface area contributed by atoms with Crippen LogP contribution in [0.15, 0.2) is 176 Å². The largest absolute Gasteiger partial charge is 0.292 e. The lowest BCUT2D eigenvalue weighted by atomic mass is 9.84. The average Bonchev–Trinajstić information content (AvgIpc) is 3.54. The average molecular weight is 600 g/mol. The van der Waals surface area contributed by atoms with E-state index in [-0.39, 0.29) is 0 Å². The summed E-state index contributed by atoms with van der Waals surface area (Å²) >= 11 is 0. The van der Waals surface area contributed by atoms with Crippen LogP contribution in [0.2, 0.25) is 0 Å². The van der Waals surface area contributed by atoms with Gasteiger partial charge in [-0.05, 0) is 85.3 Å². The molecule has 0 aliphatic rings. The molecule has 2 aromatic heterocycles. The summed E-state index contributed by atoms with van der Waals surface area (Å²) in [7, 11) is 0. The van der Waals surface area contributed by atoms with Crippen LogP contribution in [0.25, 0.3) is 83.0 Å². The van der Waals surface area contributed by atoms with Gasteiger partial charge in [-0.15, -0.1) is 0 Å². The predicted molar refractivity (Wildman–Crippen MR) is 196 cm³/mol. The van der Waals surface area contributed by atoms with Gasteiger partial charge in [0.2, 0.25) is 0 Å². The van der Waals surface area contributed by atoms with Gasteiger partial charge in [-0.3, -0.25) is 9.55 Å². The quantitative estimate of drug-likeness (QED) is 0.184. The molecule has 0 aliphatic carbocycles. The fraction of sp³-hybridized carbons (Fsp3) is 0. The second-order valence-electron chi connectivity index (χ2n) is 11.8. The van der Waals surface area contributed by atoms with Gasteiger partial charge < -0.3 is 0 Å². The highest BCUT2D eigenvalue weighted by atomic mass is 15.1. The number of para-hydroxylation sites is 3. The third-order valence-corrected chi connectivity index (χ3v) is 9.11. The van der Waals surface area contributed by atoms with Crippen molar-refractivity contribution >= 4 is 32.6 Å². The number of nitrogens with zero attached hydrogens (tertiary/aromatic N) is 3. The number of rotatable bonds is 5. The fourth-order valence-electron chi connectivity index (χ4n) is 7.03. The Morgan fingerprint density at radius 2 is 0.979 bits per heavy atom. The fourth-order valence-corrected chi connectivity index (χ4v) is 7.03. The van der Waals surface area contributed by atoms with Gasteiger partial charge >= 0.3 is 0 Å². The highest BCUT2D eigenvalue weighted by molar-refractivity contribution is 6.22. The molecular formula is C44H29N3. The Labute approximate surface area is 273 Å². The van der Waals surface area contributed by atoms with Crippen LogP contribution in [-0.2, 0) is 0 Å². The molecule has 7 aromatic carbocycles. The molecule has 47 heavy (non-hydrogen) atoms. The molecule has 0 fully saturated rings. The summed E-state index contributed by atoms with van der Waals surface area (Å²) in [5.41, 5.74) is 11.3. The summed E-state index contributed by atoms with van der Waals surface area (Å²) in [5, 5.41) is 4.88. The van der Waals surface area contributed by atoms with Crippen molar-refractivity contribution in [3.8, 4) is 50.5 Å². The number of hydrogen-bond acceptors (Lipinski definition) is 2. The number of hydrogen-bond donors (Lipinski definition) is 0. The van der Waals surface area contributed by atoms with Crippen molar-refractivity contribution in [1.29, 1.82) is 0 Å². The van der Waals surface area contributed by atoms with Gasteiger partial charge in [0, 0.05) is 23.6 Å². The maximum Gasteiger partial charge on any atom is 0.146 e. The Bertz CT molecular complexity index is 2490. The Morgan fingerprint density at radius 1 is 0.404 bits per heavy atom. The summed E-state index contributed by atoms with van der Waals surface area (Å²) in [6.07, 6.45) is 3.73. The molecule has 0 aliphatic heterocycles. The van der Waals surface area contributed by atoms with Crippen molar-refractivity contribution in [2.75, 3.05) is 0 Å². The van der Waals surface area contributed by atoms with Gasteiger partial charge in [-0.2, -0.15) is 0 Å². The molecule has 0 bridgehead atoms. The van der Waals surface area contributed by atoms with E-state index in [2.05, 4.69) is 167 Å². The maximum absolute atomic E-state index is 5.26. The van der Waals surface area contributed by atoms with E-state index < -0.39 is 0 Å². The zero-order chi connectivity index (χ0) is 31.2. The predicted octanol–water partition coefficient (Wildman–Crippen LogP) is 11.4. The number of imidazole rings is 1. The van der Waals surface area contributed by atoms with Crippen LogP contribution in [0.3, 0.4) is 0 Å². The van der Waals surface area contributed by atoms with Gasteiger partial charge in [-0.25, -0.2) is 4.98 Å². The summed E-state index contributed by atoms with van der Waals surface area (Å²) in [4.78, 5) is 9.58. The second-order valence-corrected chi connectivity index (χ2v) is 11.8. The van der Waals surface area contributed by atoms with E-state index in [0.29, 0.717) is 0 Å². The SMILES string of the molecule is c1ccc(-n2c(-c3ccccc3-c3c4ccccc4c(-c4ccc(-c5cccnc5)cc4)c4ccccc34)nc3ccccc32)cc1. The minimum absolute atomic E-state index is 0.927. The lowest BCUT2D eigenvalue weighted by Crippen LogP contribution is -1.99. The van der Waals surface area contributed by atoms with Gasteiger partial charge in [-0.1, -0.05) is 133 Å². The molecule has 220 valence electrons. The minimum atomic E-state index is 0.927. The first-order valence-corrected chi connectivity index (χ1v) is 15.9. The molecule has 3 nitrogen and oxygen atoms in total. The molecule has 0 radical (unpaired) electrons. The highest BCUT2D eigenvalue weighted by Gasteiger charge is 2.22. The van der Waals surface area contributed by atoms with E-state index in [1.54, 1.807) is 0 Å². The van der Waals surface area contributed by atoms with Crippen LogP contribution in [0.1, 0.15) is 0 Å². The molecular weight excluding hydrogens is 571 g/mol. The van der Waals surface area contributed by atoms with Crippen molar-refractivity contribution in [1.82, 2.24) is 14.5 Å². The number of benzene rings is 7. The van der Waals surface area contributed by atoms with E-state index in [4.69, 9.17) is 4.98 Å². The van der Waals surface area contributed by atoms with E-state index in [1.165, 1.54) is 38.2 Å². The lowest BCUT2D eigenvalue weighted by molar-refractivity contribution is 1.10. The third-order valence-electron chi connectivity index (χ3n) is 9.11. The third kappa shape index (κ3) is 4.52. The van der Waals surface area contributed by atoms with Crippen LogP contribution >= 0.6 is 0 Å². The van der Waals surface area contributed by atoms with E-state index in [1.807, 2.05) is 18.5 Å². The van der Waals surface area contributed by atoms with Crippen LogP contribution in [-0.4, -0.2) is 14.5 Å². The first kappa shape index (κ1) is 27.0. The molecule has 0 amide bonds. The molecule has 0 atom stereocenters. The minimum Gasteiger partial charge on any atom is -0.292 e. The van der Waals surface area contributed by atoms with Crippen LogP contribution in [0.5, 0.6) is 0 Å². The monoisotopic (exact) mass is 599 g/mol. The molecule has 0 saturated heterocycles. The van der Waals surface area contributed by atoms with Gasteiger partial charge in [0.15, 0.2) is 0 Å². The van der Waals surface area contributed by atoms with Gasteiger partial charge in [0.1, 0.15) is 5.82 Å². The maximum atomic E-state index is 5.26. The normalized spacial score (nSPS) is 11.4. The molecule has 9 rings (SSSR count). The lowest BCUT2D eigenvalue weighted by Gasteiger charge is -2.20. The van der Waals surface area contributed by atoms with Gasteiger partial charge in [0.05, 0.1) is 11.0 Å². The second kappa shape index (κ2) is 11.2. The van der Waals surface area contributed by atoms with Crippen molar-refractivity contribution in [3.05, 3.63) is 176 Å². The Kier molecular flexibility index (Phi) is 6.46. The molecule has 0 spiro atoms. The molecule has 0 saturated carbocycles. The van der Waals surface area contributed by atoms with Crippen molar-refractivity contribution in [3.63, 3.8) is 0 Å². The van der Waals surface area contributed by atoms with E-state index in [0.717, 1.165) is 44.8 Å². The first-order valence-electron chi connectivity index (χ1n) is 15.9. The molecule has 0 N–H and O–H groups in total. The van der Waals surface area contributed by atoms with E-state index >= 15 is 0 Å². The molecule has 9 aromatic rings. The van der Waals surface area contributed by atoms with Crippen molar-refractivity contribution in [2.45, 2.75) is 0 Å². The number of aromatic nitrogens is 3. The Morgan fingerprint density at radius 3 is 1.66 bits per heavy atom. The zero-order valence-electron chi connectivity index (χ0n) is 25.6. The topological polar surface area (TPSA) is 30.7 Å². The van der Waals surface area contributed by atoms with Crippen molar-refractivity contribution in [2.24, 2.45) is 0 Å². The van der Waals surface area contributed by atoms with Crippen LogP contribution in [0, 0.1) is 0 Å².